The van der Waals surface area contributed by atoms with Crippen LogP contribution < -0.4 is 5.73 Å². The first kappa shape index (κ1) is 59.6. The topological polar surface area (TPSA) is 267 Å². The van der Waals surface area contributed by atoms with Crippen LogP contribution in [0.25, 0.3) is 0 Å². The van der Waals surface area contributed by atoms with Crippen LogP contribution in [-0.4, -0.2) is 143 Å². The molecule has 2 aliphatic heterocycles. The first-order chi connectivity index (χ1) is 30.5. The molecule has 66 heavy (non-hydrogen) atoms. The maximum Gasteiger partial charge on any atom is 0.534 e. The molecule has 380 valence electrons. The zero-order valence-electron chi connectivity index (χ0n) is 41.1. The number of nitrogens with zero attached hydrogens (tertiary/aromatic N) is 1. The second-order valence-electron chi connectivity index (χ2n) is 19.7. The van der Waals surface area contributed by atoms with Crippen LogP contribution in [0.5, 0.6) is 0 Å². The number of esters is 4. The summed E-state index contributed by atoms with van der Waals surface area (Å²) in [6.45, 7) is 23.3. The van der Waals surface area contributed by atoms with Crippen LogP contribution in [0.1, 0.15) is 128 Å². The van der Waals surface area contributed by atoms with Gasteiger partial charge in [0, 0.05) is 25.9 Å². The summed E-state index contributed by atoms with van der Waals surface area (Å²) in [7, 11) is 0. The number of unbranched alkanes of at least 4 members (excludes halogenated alkanes) is 2. The lowest BCUT2D eigenvalue weighted by Gasteiger charge is -2.41. The zero-order valence-corrected chi connectivity index (χ0v) is 41.1. The summed E-state index contributed by atoms with van der Waals surface area (Å²) in [5.41, 5.74) is 1.80. The largest absolute Gasteiger partial charge is 0.534 e. The van der Waals surface area contributed by atoms with E-state index in [1.54, 1.807) is 83.1 Å². The number of amides is 3. The normalized spacial score (nSPS) is 19.0. The molecule has 0 aliphatic carbocycles. The van der Waals surface area contributed by atoms with E-state index >= 15 is 0 Å². The number of hydrogen-bond acceptors (Lipinski definition) is 19. The molecule has 1 unspecified atom stereocenters. The molecule has 0 saturated carbocycles. The van der Waals surface area contributed by atoms with Gasteiger partial charge in [0.25, 0.3) is 11.8 Å². The minimum Gasteiger partial charge on any atom is -0.462 e. The van der Waals surface area contributed by atoms with Gasteiger partial charge in [-0.1, -0.05) is 11.5 Å². The fraction of sp³-hybridized carbons (Fsp3) is 0.822. The molecule has 3 amide bonds. The number of hydrogen-bond donors (Lipinski definition) is 1. The summed E-state index contributed by atoms with van der Waals surface area (Å²) in [6.07, 6.45) is -2.31. The highest BCUT2D eigenvalue weighted by Crippen LogP contribution is 2.32. The van der Waals surface area contributed by atoms with Crippen molar-refractivity contribution in [3.05, 3.63) is 0 Å². The van der Waals surface area contributed by atoms with Crippen LogP contribution in [0.2, 0.25) is 0 Å². The SMILES string of the molecule is CC(C)(C)C(=O)OC[C@H]1OC(OC(=O)C(C)(C)C)C[C@@H](OC(=O)C(C)(C)C)[C@H]1OC(=O)C(C)(C)C.NC(=O)CCCCCOCCOCCOCCOCCOC(=O)ON1C(=O)CCC1=O. The molecule has 4 atom stereocenters. The highest BCUT2D eigenvalue weighted by molar-refractivity contribution is 6.01. The monoisotopic (exact) mass is 949 g/mol. The van der Waals surface area contributed by atoms with Crippen LogP contribution in [-0.2, 0) is 85.8 Å². The quantitative estimate of drug-likeness (QED) is 0.0603. The van der Waals surface area contributed by atoms with E-state index < -0.39 is 88.1 Å². The Morgan fingerprint density at radius 2 is 1.00 bits per heavy atom. The van der Waals surface area contributed by atoms with Crippen LogP contribution in [0.3, 0.4) is 0 Å². The maximum absolute atomic E-state index is 12.8. The van der Waals surface area contributed by atoms with E-state index in [0.717, 1.165) is 19.3 Å². The van der Waals surface area contributed by atoms with Crippen molar-refractivity contribution in [2.24, 2.45) is 27.4 Å². The summed E-state index contributed by atoms with van der Waals surface area (Å²) in [6, 6.07) is 0. The van der Waals surface area contributed by atoms with E-state index in [-0.39, 0.29) is 45.0 Å². The number of primary amides is 1. The van der Waals surface area contributed by atoms with Crippen molar-refractivity contribution >= 4 is 47.8 Å². The van der Waals surface area contributed by atoms with Crippen molar-refractivity contribution < 1.29 is 90.6 Å². The molecule has 2 heterocycles. The lowest BCUT2D eigenvalue weighted by Crippen LogP contribution is -2.56. The van der Waals surface area contributed by atoms with E-state index in [1.807, 2.05) is 0 Å². The molecular formula is C45H76N2O19. The number of carbonyl (C=O) groups excluding carboxylic acids is 8. The molecule has 0 aromatic carbocycles. The molecular weight excluding hydrogens is 872 g/mol. The van der Waals surface area contributed by atoms with Gasteiger partial charge in [-0.15, -0.1) is 0 Å². The Morgan fingerprint density at radius 1 is 0.561 bits per heavy atom. The second-order valence-corrected chi connectivity index (χ2v) is 19.7. The third-order valence-corrected chi connectivity index (χ3v) is 9.00. The lowest BCUT2D eigenvalue weighted by molar-refractivity contribution is -0.267. The van der Waals surface area contributed by atoms with E-state index in [1.165, 1.54) is 0 Å². The lowest BCUT2D eigenvalue weighted by atomic mass is 9.94. The van der Waals surface area contributed by atoms with Crippen LogP contribution in [0.15, 0.2) is 0 Å². The molecule has 21 heteroatoms. The van der Waals surface area contributed by atoms with Gasteiger partial charge in [0.15, 0.2) is 6.10 Å². The van der Waals surface area contributed by atoms with Crippen molar-refractivity contribution in [2.45, 2.75) is 153 Å². The van der Waals surface area contributed by atoms with Gasteiger partial charge in [0.1, 0.15) is 25.4 Å². The summed E-state index contributed by atoms with van der Waals surface area (Å²) >= 11 is 0. The number of imide groups is 1. The van der Waals surface area contributed by atoms with Crippen molar-refractivity contribution in [3.63, 3.8) is 0 Å². The molecule has 0 aromatic rings. The van der Waals surface area contributed by atoms with Gasteiger partial charge in [0.2, 0.25) is 12.2 Å². The summed E-state index contributed by atoms with van der Waals surface area (Å²) in [5.74, 6) is -3.47. The number of carbonyl (C=O) groups is 8. The fourth-order valence-electron chi connectivity index (χ4n) is 5.04. The summed E-state index contributed by atoms with van der Waals surface area (Å²) < 4.78 is 54.5. The predicted molar refractivity (Wildman–Crippen MR) is 232 cm³/mol. The third kappa shape index (κ3) is 24.9. The van der Waals surface area contributed by atoms with Crippen molar-refractivity contribution in [3.8, 4) is 0 Å². The summed E-state index contributed by atoms with van der Waals surface area (Å²) in [4.78, 5) is 99.5. The molecule has 2 aliphatic rings. The first-order valence-electron chi connectivity index (χ1n) is 22.3. The Labute approximate surface area is 388 Å². The van der Waals surface area contributed by atoms with Gasteiger partial charge in [-0.2, -0.15) is 0 Å². The Bertz CT molecular complexity index is 1560. The van der Waals surface area contributed by atoms with Gasteiger partial charge in [-0.25, -0.2) is 4.79 Å². The average molecular weight is 949 g/mol. The molecule has 2 fully saturated rings. The van der Waals surface area contributed by atoms with Gasteiger partial charge in [-0.05, 0) is 95.9 Å². The van der Waals surface area contributed by atoms with Gasteiger partial charge in [0.05, 0.1) is 74.3 Å². The molecule has 2 N–H and O–H groups in total. The maximum atomic E-state index is 12.8. The molecule has 21 nitrogen and oxygen atoms in total. The first-order valence-corrected chi connectivity index (χ1v) is 22.3. The van der Waals surface area contributed by atoms with Crippen LogP contribution >= 0.6 is 0 Å². The number of hydroxylamine groups is 2. The van der Waals surface area contributed by atoms with Crippen LogP contribution in [0.4, 0.5) is 4.79 Å². The Morgan fingerprint density at radius 3 is 1.47 bits per heavy atom. The molecule has 0 bridgehead atoms. The fourth-order valence-corrected chi connectivity index (χ4v) is 5.04. The van der Waals surface area contributed by atoms with Crippen molar-refractivity contribution in [2.75, 3.05) is 66.1 Å². The highest BCUT2D eigenvalue weighted by Gasteiger charge is 2.48. The number of nitrogens with two attached hydrogens (primary N) is 1. The predicted octanol–water partition coefficient (Wildman–Crippen LogP) is 4.51. The van der Waals surface area contributed by atoms with Gasteiger partial charge >= 0.3 is 30.0 Å². The molecule has 2 saturated heterocycles. The minimum atomic E-state index is -1.13. The third-order valence-electron chi connectivity index (χ3n) is 9.00. The molecule has 0 aromatic heterocycles. The highest BCUT2D eigenvalue weighted by atomic mass is 16.8. The smallest absolute Gasteiger partial charge is 0.462 e. The Balaban J connectivity index is 0.000000665. The number of ether oxygens (including phenoxy) is 10. The second kappa shape index (κ2) is 28.7. The van der Waals surface area contributed by atoms with Gasteiger partial charge < -0.3 is 53.1 Å². The Kier molecular flexibility index (Phi) is 25.9. The van der Waals surface area contributed by atoms with E-state index in [9.17, 15) is 38.4 Å². The van der Waals surface area contributed by atoms with Gasteiger partial charge in [-0.3, -0.25) is 38.4 Å². The summed E-state index contributed by atoms with van der Waals surface area (Å²) in [5, 5.41) is 0.417. The van der Waals surface area contributed by atoms with E-state index in [2.05, 4.69) is 4.84 Å². The van der Waals surface area contributed by atoms with Crippen LogP contribution in [0, 0.1) is 21.7 Å². The molecule has 2 rings (SSSR count). The van der Waals surface area contributed by atoms with E-state index in [4.69, 9.17) is 53.1 Å². The standard InChI is InChI=1S/C26H44O9.C19H32N2O10/c1-23(2,3)19(27)31-14-16-18(35-22(30)26(10,11)12)15(33-20(28)24(4,5)6)13-17(32-16)34-21(29)25(7,8)9;20-16(22)4-2-1-3-7-26-8-9-27-10-11-28-12-13-29-14-15-30-19(25)31-21-17(23)5-6-18(21)24/h15-18H,13-14H2,1-12H3;1-15H2,(H2,20,22)/t15-,16-,17?,18-;/m1./s1. The minimum absolute atomic E-state index is 0.0227. The average Bonchev–Trinajstić information content (AvgIpc) is 3.51. The number of rotatable bonds is 24. The van der Waals surface area contributed by atoms with Crippen molar-refractivity contribution in [1.29, 1.82) is 0 Å². The zero-order chi connectivity index (χ0) is 50.3. The molecule has 0 radical (unpaired) electrons. The Hall–Kier alpha value is -4.44. The molecule has 0 spiro atoms. The van der Waals surface area contributed by atoms with Crippen molar-refractivity contribution in [1.82, 2.24) is 5.06 Å². The van der Waals surface area contributed by atoms with E-state index in [0.29, 0.717) is 57.7 Å².